The second-order valence-electron chi connectivity index (χ2n) is 5.75. The van der Waals surface area contributed by atoms with Gasteiger partial charge in [0.05, 0.1) is 11.5 Å². The highest BCUT2D eigenvalue weighted by atomic mass is 32.2. The minimum absolute atomic E-state index is 0.0387. The number of amides is 1. The number of sulfone groups is 1. The molecule has 8 heteroatoms. The fraction of sp³-hybridized carbons (Fsp3) is 0.500. The van der Waals surface area contributed by atoms with Crippen LogP contribution in [-0.4, -0.2) is 42.6 Å². The Labute approximate surface area is 127 Å². The third-order valence-corrected chi connectivity index (χ3v) is 5.83. The van der Waals surface area contributed by atoms with E-state index in [9.17, 15) is 22.8 Å². The van der Waals surface area contributed by atoms with Gasteiger partial charge in [-0.3, -0.25) is 14.4 Å². The van der Waals surface area contributed by atoms with Crippen LogP contribution < -0.4 is 10.9 Å². The average molecular weight is 324 g/mol. The topological polar surface area (TPSA) is 113 Å². The summed E-state index contributed by atoms with van der Waals surface area (Å²) in [4.78, 5) is 38.6. The molecule has 1 aliphatic heterocycles. The van der Waals surface area contributed by atoms with E-state index >= 15 is 0 Å². The molecule has 0 radical (unpaired) electrons. The van der Waals surface area contributed by atoms with Crippen LogP contribution in [0.2, 0.25) is 0 Å². The Morgan fingerprint density at radius 1 is 1.27 bits per heavy atom. The number of aromatic nitrogens is 1. The number of pyridine rings is 1. The summed E-state index contributed by atoms with van der Waals surface area (Å²) in [6, 6.07) is 0.845. The van der Waals surface area contributed by atoms with E-state index in [1.807, 2.05) is 0 Å². The SMILES string of the molecule is O=C1CCCc2[nH]c(=O)c(C(=O)N[C@H]3CCS(=O)(=O)C3)cc21. The van der Waals surface area contributed by atoms with Crippen LogP contribution in [0.5, 0.6) is 0 Å². The Balaban J connectivity index is 1.85. The molecule has 2 aliphatic rings. The molecule has 3 rings (SSSR count). The zero-order valence-electron chi connectivity index (χ0n) is 11.8. The maximum atomic E-state index is 12.2. The van der Waals surface area contributed by atoms with E-state index in [2.05, 4.69) is 10.3 Å². The number of carbonyl (C=O) groups excluding carboxylic acids is 2. The molecule has 0 aromatic carbocycles. The Hall–Kier alpha value is -1.96. The fourth-order valence-electron chi connectivity index (χ4n) is 2.92. The molecule has 1 atom stereocenters. The lowest BCUT2D eigenvalue weighted by Gasteiger charge is -2.16. The van der Waals surface area contributed by atoms with Gasteiger partial charge in [-0.05, 0) is 25.3 Å². The Morgan fingerprint density at radius 2 is 2.05 bits per heavy atom. The minimum atomic E-state index is -3.11. The van der Waals surface area contributed by atoms with Crippen LogP contribution in [0.15, 0.2) is 10.9 Å². The maximum absolute atomic E-state index is 12.2. The number of Topliss-reactive ketones (excluding diaryl/α,β-unsaturated/α-hetero) is 1. The van der Waals surface area contributed by atoms with Gasteiger partial charge in [0.15, 0.2) is 15.6 Å². The van der Waals surface area contributed by atoms with E-state index < -0.39 is 27.3 Å². The molecular formula is C14H16N2O5S. The van der Waals surface area contributed by atoms with E-state index in [-0.39, 0.29) is 22.9 Å². The van der Waals surface area contributed by atoms with Crippen molar-refractivity contribution < 1.29 is 18.0 Å². The van der Waals surface area contributed by atoms with Gasteiger partial charge in [0.25, 0.3) is 11.5 Å². The molecule has 118 valence electrons. The van der Waals surface area contributed by atoms with Crippen molar-refractivity contribution in [1.29, 1.82) is 0 Å². The fourth-order valence-corrected chi connectivity index (χ4v) is 4.59. The summed E-state index contributed by atoms with van der Waals surface area (Å²) >= 11 is 0. The van der Waals surface area contributed by atoms with Crippen LogP contribution in [0, 0.1) is 0 Å². The van der Waals surface area contributed by atoms with Crippen molar-refractivity contribution in [3.63, 3.8) is 0 Å². The molecule has 22 heavy (non-hydrogen) atoms. The number of rotatable bonds is 2. The highest BCUT2D eigenvalue weighted by Gasteiger charge is 2.30. The van der Waals surface area contributed by atoms with Crippen LogP contribution in [0.3, 0.4) is 0 Å². The minimum Gasteiger partial charge on any atom is -0.348 e. The van der Waals surface area contributed by atoms with Gasteiger partial charge >= 0.3 is 0 Å². The van der Waals surface area contributed by atoms with E-state index in [1.165, 1.54) is 6.07 Å². The van der Waals surface area contributed by atoms with Crippen LogP contribution in [0.25, 0.3) is 0 Å². The van der Waals surface area contributed by atoms with E-state index in [0.717, 1.165) is 0 Å². The lowest BCUT2D eigenvalue weighted by molar-refractivity contribution is 0.0939. The van der Waals surface area contributed by atoms with Crippen molar-refractivity contribution >= 4 is 21.5 Å². The van der Waals surface area contributed by atoms with Crippen LogP contribution in [0.1, 0.15) is 45.7 Å². The molecule has 7 nitrogen and oxygen atoms in total. The molecule has 2 heterocycles. The Bertz CT molecular complexity index is 809. The largest absolute Gasteiger partial charge is 0.348 e. The molecule has 2 N–H and O–H groups in total. The third kappa shape index (κ3) is 2.83. The number of nitrogens with one attached hydrogen (secondary N) is 2. The first-order chi connectivity index (χ1) is 10.4. The summed E-state index contributed by atoms with van der Waals surface area (Å²) in [6.45, 7) is 0. The second kappa shape index (κ2) is 5.35. The Kier molecular flexibility index (Phi) is 3.64. The zero-order chi connectivity index (χ0) is 15.9. The zero-order valence-corrected chi connectivity index (χ0v) is 12.7. The maximum Gasteiger partial charge on any atom is 0.261 e. The standard InChI is InChI=1S/C14H16N2O5S/c17-12-3-1-2-11-9(12)6-10(14(19)16-11)13(18)15-8-4-5-22(20,21)7-8/h6,8H,1-5,7H2,(H,15,18)(H,16,19)/t8-/m0/s1. The van der Waals surface area contributed by atoms with Crippen molar-refractivity contribution in [1.82, 2.24) is 10.3 Å². The first-order valence-corrected chi connectivity index (χ1v) is 8.98. The first-order valence-electron chi connectivity index (χ1n) is 7.16. The van der Waals surface area contributed by atoms with Gasteiger partial charge in [0.1, 0.15) is 5.56 Å². The molecule has 0 saturated carbocycles. The van der Waals surface area contributed by atoms with E-state index in [0.29, 0.717) is 36.9 Å². The summed E-state index contributed by atoms with van der Waals surface area (Å²) in [6.07, 6.45) is 2.04. The molecule has 1 fully saturated rings. The van der Waals surface area contributed by atoms with Crippen LogP contribution >= 0.6 is 0 Å². The number of carbonyl (C=O) groups is 2. The molecule has 0 bridgehead atoms. The van der Waals surface area contributed by atoms with Crippen molar-refractivity contribution in [2.45, 2.75) is 31.7 Å². The van der Waals surface area contributed by atoms with Crippen molar-refractivity contribution in [3.05, 3.63) is 33.2 Å². The molecular weight excluding hydrogens is 308 g/mol. The quantitative estimate of drug-likeness (QED) is 0.783. The molecule has 0 spiro atoms. The smallest absolute Gasteiger partial charge is 0.261 e. The molecule has 1 aromatic heterocycles. The van der Waals surface area contributed by atoms with Gasteiger partial charge in [-0.15, -0.1) is 0 Å². The summed E-state index contributed by atoms with van der Waals surface area (Å²) in [7, 11) is -3.11. The number of H-pyrrole nitrogens is 1. The summed E-state index contributed by atoms with van der Waals surface area (Å²) in [5.41, 5.74) is 0.265. The summed E-state index contributed by atoms with van der Waals surface area (Å²) in [5.74, 6) is -0.795. The predicted molar refractivity (Wildman–Crippen MR) is 78.9 cm³/mol. The van der Waals surface area contributed by atoms with Gasteiger partial charge in [-0.1, -0.05) is 0 Å². The number of hydrogen-bond donors (Lipinski definition) is 2. The molecule has 1 amide bonds. The average Bonchev–Trinajstić information content (AvgIpc) is 2.77. The van der Waals surface area contributed by atoms with E-state index in [4.69, 9.17) is 0 Å². The molecule has 0 unspecified atom stereocenters. The highest BCUT2D eigenvalue weighted by Crippen LogP contribution is 2.19. The van der Waals surface area contributed by atoms with Crippen molar-refractivity contribution in [2.24, 2.45) is 0 Å². The van der Waals surface area contributed by atoms with Crippen molar-refractivity contribution in [2.75, 3.05) is 11.5 Å². The number of fused-ring (bicyclic) bond motifs is 1. The monoisotopic (exact) mass is 324 g/mol. The van der Waals surface area contributed by atoms with Gasteiger partial charge in [0, 0.05) is 23.7 Å². The van der Waals surface area contributed by atoms with Gasteiger partial charge in [-0.2, -0.15) is 0 Å². The first kappa shape index (κ1) is 15.0. The Morgan fingerprint density at radius 3 is 2.73 bits per heavy atom. The summed E-state index contributed by atoms with van der Waals surface area (Å²) in [5, 5.41) is 2.56. The number of ketones is 1. The molecule has 1 aliphatic carbocycles. The van der Waals surface area contributed by atoms with Gasteiger partial charge < -0.3 is 10.3 Å². The molecule has 1 saturated heterocycles. The summed E-state index contributed by atoms with van der Waals surface area (Å²) < 4.78 is 22.8. The lowest BCUT2D eigenvalue weighted by Crippen LogP contribution is -2.39. The third-order valence-electron chi connectivity index (χ3n) is 4.07. The number of aryl methyl sites for hydroxylation is 1. The normalized spacial score (nSPS) is 23.1. The number of hydrogen-bond acceptors (Lipinski definition) is 5. The van der Waals surface area contributed by atoms with Gasteiger partial charge in [0.2, 0.25) is 0 Å². The molecule has 1 aromatic rings. The lowest BCUT2D eigenvalue weighted by atomic mass is 9.93. The number of aromatic amines is 1. The van der Waals surface area contributed by atoms with Gasteiger partial charge in [-0.25, -0.2) is 8.42 Å². The predicted octanol–water partition coefficient (Wildman–Crippen LogP) is -0.189. The van der Waals surface area contributed by atoms with Crippen LogP contribution in [0.4, 0.5) is 0 Å². The highest BCUT2D eigenvalue weighted by molar-refractivity contribution is 7.91. The second-order valence-corrected chi connectivity index (χ2v) is 7.98. The van der Waals surface area contributed by atoms with E-state index in [1.54, 1.807) is 0 Å². The van der Waals surface area contributed by atoms with Crippen molar-refractivity contribution in [3.8, 4) is 0 Å². The van der Waals surface area contributed by atoms with Crippen LogP contribution in [-0.2, 0) is 16.3 Å².